The SMILES string of the molecule is C=CCOc1ccc(C(=O)NN=CCc2ccccc2)cc1. The Morgan fingerprint density at radius 3 is 2.55 bits per heavy atom. The maximum atomic E-state index is 11.9. The Morgan fingerprint density at radius 1 is 1.14 bits per heavy atom. The van der Waals surface area contributed by atoms with E-state index in [-0.39, 0.29) is 5.91 Å². The van der Waals surface area contributed by atoms with Crippen molar-refractivity contribution < 1.29 is 9.53 Å². The summed E-state index contributed by atoms with van der Waals surface area (Å²) in [6, 6.07) is 16.8. The average Bonchev–Trinajstić information content (AvgIpc) is 2.58. The first-order valence-electron chi connectivity index (χ1n) is 6.99. The lowest BCUT2D eigenvalue weighted by Crippen LogP contribution is -2.17. The second kappa shape index (κ2) is 8.42. The third kappa shape index (κ3) is 4.90. The predicted molar refractivity (Wildman–Crippen MR) is 88.2 cm³/mol. The molecule has 4 heteroatoms. The van der Waals surface area contributed by atoms with Gasteiger partial charge in [0.15, 0.2) is 0 Å². The summed E-state index contributed by atoms with van der Waals surface area (Å²) in [6.07, 6.45) is 4.02. The molecule has 0 spiro atoms. The van der Waals surface area contributed by atoms with Gasteiger partial charge in [-0.3, -0.25) is 4.79 Å². The molecule has 0 aliphatic carbocycles. The van der Waals surface area contributed by atoms with Crippen molar-refractivity contribution in [1.29, 1.82) is 0 Å². The maximum absolute atomic E-state index is 11.9. The highest BCUT2D eigenvalue weighted by atomic mass is 16.5. The van der Waals surface area contributed by atoms with Gasteiger partial charge in [0, 0.05) is 18.2 Å². The van der Waals surface area contributed by atoms with Crippen molar-refractivity contribution in [1.82, 2.24) is 5.43 Å². The number of hydrogen-bond acceptors (Lipinski definition) is 3. The molecule has 22 heavy (non-hydrogen) atoms. The zero-order valence-electron chi connectivity index (χ0n) is 12.2. The van der Waals surface area contributed by atoms with Crippen LogP contribution in [0.15, 0.2) is 72.4 Å². The molecule has 0 fully saturated rings. The normalized spacial score (nSPS) is 10.4. The quantitative estimate of drug-likeness (QED) is 0.484. The standard InChI is InChI=1S/C18H18N2O2/c1-2-14-22-17-10-8-16(9-11-17)18(21)20-19-13-12-15-6-4-3-5-7-15/h2-11,13H,1,12,14H2,(H,20,21). The van der Waals surface area contributed by atoms with Crippen LogP contribution in [0.1, 0.15) is 15.9 Å². The molecule has 0 unspecified atom stereocenters. The number of carbonyl (C=O) groups is 1. The Kier molecular flexibility index (Phi) is 5.93. The Labute approximate surface area is 130 Å². The van der Waals surface area contributed by atoms with E-state index in [1.165, 1.54) is 0 Å². The lowest BCUT2D eigenvalue weighted by atomic mass is 10.2. The number of carbonyl (C=O) groups excluding carboxylic acids is 1. The van der Waals surface area contributed by atoms with Gasteiger partial charge in [0.2, 0.25) is 0 Å². The van der Waals surface area contributed by atoms with Crippen LogP contribution in [0.2, 0.25) is 0 Å². The molecule has 1 amide bonds. The molecule has 2 aromatic rings. The van der Waals surface area contributed by atoms with Gasteiger partial charge in [-0.05, 0) is 29.8 Å². The van der Waals surface area contributed by atoms with E-state index in [2.05, 4.69) is 17.1 Å². The molecule has 4 nitrogen and oxygen atoms in total. The van der Waals surface area contributed by atoms with Crippen molar-refractivity contribution in [3.8, 4) is 5.75 Å². The van der Waals surface area contributed by atoms with E-state index in [1.54, 1.807) is 36.6 Å². The lowest BCUT2D eigenvalue weighted by Gasteiger charge is -2.04. The van der Waals surface area contributed by atoms with E-state index in [0.29, 0.717) is 24.3 Å². The van der Waals surface area contributed by atoms with Gasteiger partial charge in [-0.1, -0.05) is 43.0 Å². The van der Waals surface area contributed by atoms with Crippen molar-refractivity contribution in [2.24, 2.45) is 5.10 Å². The minimum atomic E-state index is -0.250. The summed E-state index contributed by atoms with van der Waals surface area (Å²) in [5.74, 6) is 0.448. The van der Waals surface area contributed by atoms with Crippen LogP contribution in [0.25, 0.3) is 0 Å². The number of nitrogens with zero attached hydrogens (tertiary/aromatic N) is 1. The van der Waals surface area contributed by atoms with E-state index < -0.39 is 0 Å². The summed E-state index contributed by atoms with van der Waals surface area (Å²) in [5.41, 5.74) is 4.18. The fourth-order valence-electron chi connectivity index (χ4n) is 1.79. The van der Waals surface area contributed by atoms with Crippen LogP contribution in [-0.2, 0) is 6.42 Å². The number of rotatable bonds is 7. The number of benzene rings is 2. The molecule has 0 bridgehead atoms. The van der Waals surface area contributed by atoms with Crippen LogP contribution in [0, 0.1) is 0 Å². The average molecular weight is 294 g/mol. The van der Waals surface area contributed by atoms with Crippen LogP contribution in [-0.4, -0.2) is 18.7 Å². The minimum absolute atomic E-state index is 0.250. The van der Waals surface area contributed by atoms with Crippen molar-refractivity contribution in [3.05, 3.63) is 78.4 Å². The van der Waals surface area contributed by atoms with Gasteiger partial charge in [-0.25, -0.2) is 5.43 Å². The third-order valence-corrected chi connectivity index (χ3v) is 2.91. The molecule has 0 saturated heterocycles. The number of hydrazone groups is 1. The number of nitrogens with one attached hydrogen (secondary N) is 1. The molecule has 0 saturated carbocycles. The molecule has 1 N–H and O–H groups in total. The number of ether oxygens (including phenoxy) is 1. The monoisotopic (exact) mass is 294 g/mol. The van der Waals surface area contributed by atoms with Crippen molar-refractivity contribution in [3.63, 3.8) is 0 Å². The molecule has 112 valence electrons. The molecule has 0 aliphatic heterocycles. The largest absolute Gasteiger partial charge is 0.490 e. The second-order valence-electron chi connectivity index (χ2n) is 4.57. The summed E-state index contributed by atoms with van der Waals surface area (Å²) in [4.78, 5) is 11.9. The van der Waals surface area contributed by atoms with E-state index in [1.807, 2.05) is 30.3 Å². The molecular formula is C18H18N2O2. The molecule has 2 rings (SSSR count). The van der Waals surface area contributed by atoms with Crippen LogP contribution >= 0.6 is 0 Å². The van der Waals surface area contributed by atoms with Gasteiger partial charge in [0.25, 0.3) is 5.91 Å². The zero-order valence-corrected chi connectivity index (χ0v) is 12.2. The van der Waals surface area contributed by atoms with Gasteiger partial charge in [0.1, 0.15) is 12.4 Å². The molecular weight excluding hydrogens is 276 g/mol. The van der Waals surface area contributed by atoms with E-state index in [9.17, 15) is 4.79 Å². The van der Waals surface area contributed by atoms with E-state index >= 15 is 0 Å². The highest BCUT2D eigenvalue weighted by Crippen LogP contribution is 2.12. The van der Waals surface area contributed by atoms with Crippen LogP contribution in [0.3, 0.4) is 0 Å². The second-order valence-corrected chi connectivity index (χ2v) is 4.57. The Morgan fingerprint density at radius 2 is 1.86 bits per heavy atom. The highest BCUT2D eigenvalue weighted by molar-refractivity contribution is 5.94. The van der Waals surface area contributed by atoms with Crippen LogP contribution in [0.4, 0.5) is 0 Å². The first-order chi connectivity index (χ1) is 10.8. The third-order valence-electron chi connectivity index (χ3n) is 2.91. The van der Waals surface area contributed by atoms with Crippen molar-refractivity contribution >= 4 is 12.1 Å². The molecule has 0 aromatic heterocycles. The number of hydrogen-bond donors (Lipinski definition) is 1. The zero-order chi connectivity index (χ0) is 15.6. The smallest absolute Gasteiger partial charge is 0.271 e. The Hall–Kier alpha value is -2.88. The first-order valence-corrected chi connectivity index (χ1v) is 6.99. The van der Waals surface area contributed by atoms with Gasteiger partial charge < -0.3 is 4.74 Å². The molecule has 2 aromatic carbocycles. The minimum Gasteiger partial charge on any atom is -0.490 e. The van der Waals surface area contributed by atoms with Gasteiger partial charge in [-0.15, -0.1) is 0 Å². The summed E-state index contributed by atoms with van der Waals surface area (Å²) in [5, 5.41) is 3.95. The summed E-state index contributed by atoms with van der Waals surface area (Å²) >= 11 is 0. The Bertz CT molecular complexity index is 634. The van der Waals surface area contributed by atoms with Gasteiger partial charge >= 0.3 is 0 Å². The fourth-order valence-corrected chi connectivity index (χ4v) is 1.79. The molecule has 0 heterocycles. The van der Waals surface area contributed by atoms with E-state index in [0.717, 1.165) is 5.56 Å². The maximum Gasteiger partial charge on any atom is 0.271 e. The van der Waals surface area contributed by atoms with Gasteiger partial charge in [0.05, 0.1) is 0 Å². The van der Waals surface area contributed by atoms with Crippen molar-refractivity contribution in [2.45, 2.75) is 6.42 Å². The van der Waals surface area contributed by atoms with Crippen molar-refractivity contribution in [2.75, 3.05) is 6.61 Å². The summed E-state index contributed by atoms with van der Waals surface area (Å²) < 4.78 is 5.36. The highest BCUT2D eigenvalue weighted by Gasteiger charge is 2.03. The molecule has 0 aliphatic rings. The van der Waals surface area contributed by atoms with Crippen LogP contribution < -0.4 is 10.2 Å². The molecule has 0 radical (unpaired) electrons. The number of amides is 1. The Balaban J connectivity index is 1.82. The molecule has 0 atom stereocenters. The first kappa shape index (κ1) is 15.5. The summed E-state index contributed by atoms with van der Waals surface area (Å²) in [7, 11) is 0. The topological polar surface area (TPSA) is 50.7 Å². The van der Waals surface area contributed by atoms with Crippen LogP contribution in [0.5, 0.6) is 5.75 Å². The predicted octanol–water partition coefficient (Wildman–Crippen LogP) is 3.21. The van der Waals surface area contributed by atoms with E-state index in [4.69, 9.17) is 4.74 Å². The van der Waals surface area contributed by atoms with Gasteiger partial charge in [-0.2, -0.15) is 5.10 Å². The summed E-state index contributed by atoms with van der Waals surface area (Å²) in [6.45, 7) is 4.02. The fraction of sp³-hybridized carbons (Fsp3) is 0.111. The lowest BCUT2D eigenvalue weighted by molar-refractivity contribution is 0.0955.